The van der Waals surface area contributed by atoms with E-state index in [1.54, 1.807) is 12.1 Å². The van der Waals surface area contributed by atoms with Gasteiger partial charge in [-0.05, 0) is 86.9 Å². The number of phenols is 1. The number of fused-ring (bicyclic) bond motifs is 1. The predicted octanol–water partition coefficient (Wildman–Crippen LogP) is 8.80. The standard InChI is InChI=1S/C33H32O4/c1-32(2)16-17-33(3,4)30-28(32)19-24(20-29(30)34)27-18-23(12-15-26(27)22-8-6-5-7-9-22)21-10-13-25(14-11-21)37-31(35)36/h5-15,18-20,34H,16-17H2,1-4H3,(H,35,36). The third-order valence-electron chi connectivity index (χ3n) is 7.71. The number of hydrogen-bond acceptors (Lipinski definition) is 3. The molecule has 0 unspecified atom stereocenters. The normalized spacial score (nSPS) is 15.6. The maximum atomic E-state index is 11.4. The SMILES string of the molecule is CC1(C)CCC(C)(C)c2c(O)cc(-c3cc(-c4ccc(OC(=O)O)cc4)ccc3-c3ccccc3)cc21. The van der Waals surface area contributed by atoms with Crippen LogP contribution < -0.4 is 4.74 Å². The molecule has 4 aromatic carbocycles. The van der Waals surface area contributed by atoms with Crippen LogP contribution >= 0.6 is 0 Å². The lowest BCUT2D eigenvalue weighted by atomic mass is 9.62. The molecule has 5 rings (SSSR count). The Morgan fingerprint density at radius 2 is 1.35 bits per heavy atom. The van der Waals surface area contributed by atoms with Crippen molar-refractivity contribution in [1.82, 2.24) is 0 Å². The van der Waals surface area contributed by atoms with E-state index in [2.05, 4.69) is 64.1 Å². The van der Waals surface area contributed by atoms with Gasteiger partial charge in [0.05, 0.1) is 0 Å². The minimum Gasteiger partial charge on any atom is -0.508 e. The van der Waals surface area contributed by atoms with Crippen molar-refractivity contribution in [2.75, 3.05) is 0 Å². The molecule has 0 saturated heterocycles. The lowest BCUT2D eigenvalue weighted by molar-refractivity contribution is 0.144. The van der Waals surface area contributed by atoms with Crippen molar-refractivity contribution in [3.63, 3.8) is 0 Å². The molecule has 0 bridgehead atoms. The second-order valence-electron chi connectivity index (χ2n) is 11.2. The highest BCUT2D eigenvalue weighted by Gasteiger charge is 2.39. The van der Waals surface area contributed by atoms with Crippen LogP contribution in [0.3, 0.4) is 0 Å². The first-order valence-electron chi connectivity index (χ1n) is 12.6. The number of hydrogen-bond donors (Lipinski definition) is 2. The smallest absolute Gasteiger partial charge is 0.508 e. The van der Waals surface area contributed by atoms with E-state index in [1.165, 1.54) is 5.56 Å². The van der Waals surface area contributed by atoms with Crippen LogP contribution in [0.5, 0.6) is 11.5 Å². The van der Waals surface area contributed by atoms with Gasteiger partial charge < -0.3 is 14.9 Å². The zero-order valence-electron chi connectivity index (χ0n) is 21.7. The molecule has 2 N–H and O–H groups in total. The van der Waals surface area contributed by atoms with Crippen molar-refractivity contribution in [3.8, 4) is 44.9 Å². The van der Waals surface area contributed by atoms with Gasteiger partial charge in [0.1, 0.15) is 11.5 Å². The highest BCUT2D eigenvalue weighted by Crippen LogP contribution is 2.51. The number of benzene rings is 4. The van der Waals surface area contributed by atoms with Gasteiger partial charge >= 0.3 is 6.16 Å². The van der Waals surface area contributed by atoms with E-state index in [9.17, 15) is 9.90 Å². The molecule has 188 valence electrons. The van der Waals surface area contributed by atoms with E-state index in [4.69, 9.17) is 9.84 Å². The number of rotatable bonds is 4. The van der Waals surface area contributed by atoms with Crippen LogP contribution in [0.2, 0.25) is 0 Å². The molecule has 0 aliphatic heterocycles. The molecule has 0 fully saturated rings. The fourth-order valence-electron chi connectivity index (χ4n) is 5.56. The van der Waals surface area contributed by atoms with Gasteiger partial charge in [0, 0.05) is 5.56 Å². The number of carbonyl (C=O) groups is 1. The molecule has 4 heteroatoms. The second-order valence-corrected chi connectivity index (χ2v) is 11.2. The summed E-state index contributed by atoms with van der Waals surface area (Å²) in [7, 11) is 0. The van der Waals surface area contributed by atoms with E-state index in [0.29, 0.717) is 5.75 Å². The largest absolute Gasteiger partial charge is 0.511 e. The second kappa shape index (κ2) is 9.11. The number of ether oxygens (including phenoxy) is 1. The van der Waals surface area contributed by atoms with Gasteiger partial charge in [0.15, 0.2) is 0 Å². The Morgan fingerprint density at radius 1 is 0.703 bits per heavy atom. The Labute approximate surface area is 218 Å². The molecule has 0 atom stereocenters. The van der Waals surface area contributed by atoms with Crippen LogP contribution in [-0.4, -0.2) is 16.4 Å². The van der Waals surface area contributed by atoms with Crippen molar-refractivity contribution in [2.45, 2.75) is 51.4 Å². The van der Waals surface area contributed by atoms with E-state index < -0.39 is 6.16 Å². The van der Waals surface area contributed by atoms with Crippen molar-refractivity contribution >= 4 is 6.16 Å². The molecule has 0 aromatic heterocycles. The summed E-state index contributed by atoms with van der Waals surface area (Å²) in [5.41, 5.74) is 8.28. The molecule has 0 radical (unpaired) electrons. The summed E-state index contributed by atoms with van der Waals surface area (Å²) >= 11 is 0. The molecule has 4 aromatic rings. The fraction of sp³-hybridized carbons (Fsp3) is 0.242. The third kappa shape index (κ3) is 4.72. The van der Waals surface area contributed by atoms with Gasteiger partial charge in [0.25, 0.3) is 0 Å². The highest BCUT2D eigenvalue weighted by atomic mass is 16.7. The molecule has 0 spiro atoms. The average molecular weight is 493 g/mol. The fourth-order valence-corrected chi connectivity index (χ4v) is 5.56. The van der Waals surface area contributed by atoms with Crippen LogP contribution in [-0.2, 0) is 10.8 Å². The zero-order chi connectivity index (χ0) is 26.4. The minimum absolute atomic E-state index is 0.0389. The Morgan fingerprint density at radius 3 is 2.03 bits per heavy atom. The van der Waals surface area contributed by atoms with E-state index >= 15 is 0 Å². The van der Waals surface area contributed by atoms with Gasteiger partial charge in [0.2, 0.25) is 0 Å². The van der Waals surface area contributed by atoms with Crippen molar-refractivity contribution in [1.29, 1.82) is 0 Å². The zero-order valence-corrected chi connectivity index (χ0v) is 21.7. The molecular formula is C33H32O4. The summed E-state index contributed by atoms with van der Waals surface area (Å²) in [6, 6.07) is 27.8. The first-order valence-corrected chi connectivity index (χ1v) is 12.6. The summed E-state index contributed by atoms with van der Waals surface area (Å²) in [6.07, 6.45) is 0.763. The van der Waals surface area contributed by atoms with Gasteiger partial charge in [-0.15, -0.1) is 0 Å². The summed E-state index contributed by atoms with van der Waals surface area (Å²) in [6.45, 7) is 8.96. The van der Waals surface area contributed by atoms with Crippen molar-refractivity contribution in [2.24, 2.45) is 0 Å². The maximum absolute atomic E-state index is 11.4. The molecule has 0 heterocycles. The summed E-state index contributed by atoms with van der Waals surface area (Å²) in [4.78, 5) is 10.9. The summed E-state index contributed by atoms with van der Waals surface area (Å²) in [5.74, 6) is 0.631. The molecule has 1 aliphatic rings. The minimum atomic E-state index is -1.33. The predicted molar refractivity (Wildman–Crippen MR) is 148 cm³/mol. The molecule has 4 nitrogen and oxygen atoms in total. The van der Waals surface area contributed by atoms with Crippen LogP contribution in [0.15, 0.2) is 84.9 Å². The number of aromatic hydroxyl groups is 1. The average Bonchev–Trinajstić information content (AvgIpc) is 2.87. The lowest BCUT2D eigenvalue weighted by Crippen LogP contribution is -2.33. The van der Waals surface area contributed by atoms with Gasteiger partial charge in [-0.2, -0.15) is 0 Å². The monoisotopic (exact) mass is 492 g/mol. The van der Waals surface area contributed by atoms with Crippen LogP contribution in [0.25, 0.3) is 33.4 Å². The maximum Gasteiger partial charge on any atom is 0.511 e. The molecule has 0 saturated carbocycles. The molecule has 37 heavy (non-hydrogen) atoms. The highest BCUT2D eigenvalue weighted by molar-refractivity contribution is 5.88. The van der Waals surface area contributed by atoms with E-state index in [-0.39, 0.29) is 16.6 Å². The van der Waals surface area contributed by atoms with Crippen molar-refractivity contribution in [3.05, 3.63) is 96.1 Å². The third-order valence-corrected chi connectivity index (χ3v) is 7.71. The Balaban J connectivity index is 1.69. The summed E-state index contributed by atoms with van der Waals surface area (Å²) in [5, 5.41) is 20.2. The van der Waals surface area contributed by atoms with Crippen molar-refractivity contribution < 1.29 is 19.7 Å². The first-order chi connectivity index (χ1) is 17.5. The van der Waals surface area contributed by atoms with Crippen LogP contribution in [0, 0.1) is 0 Å². The number of phenolic OH excluding ortho intramolecular Hbond substituents is 1. The van der Waals surface area contributed by atoms with E-state index in [0.717, 1.165) is 51.8 Å². The van der Waals surface area contributed by atoms with Crippen LogP contribution in [0.1, 0.15) is 51.7 Å². The molecular weight excluding hydrogens is 460 g/mol. The molecule has 0 amide bonds. The Hall–Kier alpha value is -4.05. The quantitative estimate of drug-likeness (QED) is 0.221. The molecule has 1 aliphatic carbocycles. The Bertz CT molecular complexity index is 1460. The van der Waals surface area contributed by atoms with Gasteiger partial charge in [-0.25, -0.2) is 4.79 Å². The van der Waals surface area contributed by atoms with Gasteiger partial charge in [-0.1, -0.05) is 88.4 Å². The van der Waals surface area contributed by atoms with Gasteiger partial charge in [-0.3, -0.25) is 0 Å². The number of carboxylic acid groups (broad SMARTS) is 1. The Kier molecular flexibility index (Phi) is 6.07. The lowest BCUT2D eigenvalue weighted by Gasteiger charge is -2.42. The van der Waals surface area contributed by atoms with Crippen LogP contribution in [0.4, 0.5) is 4.79 Å². The van der Waals surface area contributed by atoms with E-state index in [1.807, 2.05) is 36.4 Å². The topological polar surface area (TPSA) is 66.8 Å². The summed E-state index contributed by atoms with van der Waals surface area (Å²) < 4.78 is 4.77. The first kappa shape index (κ1) is 24.6.